The van der Waals surface area contributed by atoms with Crippen LogP contribution in [-0.2, 0) is 0 Å². The molecule has 0 atom stereocenters. The summed E-state index contributed by atoms with van der Waals surface area (Å²) in [7, 11) is 0. The Labute approximate surface area is 101 Å². The Morgan fingerprint density at radius 3 is 1.75 bits per heavy atom. The Kier molecular flexibility index (Phi) is 72.4. The number of hydrogen-bond donors (Lipinski definition) is 0. The van der Waals surface area contributed by atoms with Crippen LogP contribution in [0.5, 0.6) is 0 Å². The van der Waals surface area contributed by atoms with E-state index in [-0.39, 0.29) is 49.6 Å². The van der Waals surface area contributed by atoms with Crippen LogP contribution in [0.25, 0.3) is 0 Å². The third kappa shape index (κ3) is 30.7. The fourth-order valence-electron chi connectivity index (χ4n) is 0.715. The molecule has 0 aromatic carbocycles. The highest BCUT2D eigenvalue weighted by atomic mass is 35.5. The first-order valence-electron chi connectivity index (χ1n) is 3.52. The first-order valence-corrected chi connectivity index (χ1v) is 3.52. The summed E-state index contributed by atoms with van der Waals surface area (Å²) < 4.78 is 0. The van der Waals surface area contributed by atoms with Crippen molar-refractivity contribution in [3.8, 4) is 0 Å². The standard InChI is InChI=1S/C8H16.4ClH/c1-3-5-7-8-6-4-2;;;;/h3H,1,4-8H2,2H3;4*1H. The van der Waals surface area contributed by atoms with Crippen molar-refractivity contribution < 1.29 is 0 Å². The molecule has 0 radical (unpaired) electrons. The fraction of sp³-hybridized carbons (Fsp3) is 0.750. The molecule has 4 heteroatoms. The van der Waals surface area contributed by atoms with E-state index in [2.05, 4.69) is 13.5 Å². The van der Waals surface area contributed by atoms with Gasteiger partial charge in [-0.15, -0.1) is 56.2 Å². The summed E-state index contributed by atoms with van der Waals surface area (Å²) in [6.45, 7) is 5.89. The van der Waals surface area contributed by atoms with Crippen LogP contribution in [-0.4, -0.2) is 0 Å². The lowest BCUT2D eigenvalue weighted by Gasteiger charge is -1.91. The molecule has 0 aliphatic heterocycles. The van der Waals surface area contributed by atoms with E-state index < -0.39 is 0 Å². The molecule has 0 saturated heterocycles. The van der Waals surface area contributed by atoms with E-state index in [0.717, 1.165) is 0 Å². The minimum absolute atomic E-state index is 0. The first-order chi connectivity index (χ1) is 3.91. The largest absolute Gasteiger partial charge is 0.147 e. The predicted molar refractivity (Wildman–Crippen MR) is 67.9 cm³/mol. The molecule has 0 amide bonds. The molecule has 0 heterocycles. The van der Waals surface area contributed by atoms with Crippen molar-refractivity contribution in [1.29, 1.82) is 0 Å². The third-order valence-corrected chi connectivity index (χ3v) is 1.26. The van der Waals surface area contributed by atoms with Gasteiger partial charge < -0.3 is 0 Å². The molecule has 0 bridgehead atoms. The molecule has 0 aliphatic rings. The molecule has 80 valence electrons. The van der Waals surface area contributed by atoms with Gasteiger partial charge in [-0.1, -0.05) is 32.3 Å². The first kappa shape index (κ1) is 29.3. The second kappa shape index (κ2) is 29.7. The molecule has 0 rings (SSSR count). The van der Waals surface area contributed by atoms with Gasteiger partial charge in [-0.3, -0.25) is 0 Å². The van der Waals surface area contributed by atoms with Gasteiger partial charge in [0.05, 0.1) is 0 Å². The number of allylic oxidation sites excluding steroid dienone is 1. The molecule has 0 aromatic rings. The molecule has 12 heavy (non-hydrogen) atoms. The Morgan fingerprint density at radius 2 is 1.42 bits per heavy atom. The monoisotopic (exact) mass is 256 g/mol. The maximum atomic E-state index is 3.66. The molecule has 0 aromatic heterocycles. The molecular formula is C8H20Cl4. The van der Waals surface area contributed by atoms with Gasteiger partial charge in [0.1, 0.15) is 0 Å². The van der Waals surface area contributed by atoms with Gasteiger partial charge in [0.15, 0.2) is 0 Å². The average Bonchev–Trinajstić information content (AvgIpc) is 1.81. The highest BCUT2D eigenvalue weighted by Crippen LogP contribution is 2.01. The molecule has 0 nitrogen and oxygen atoms in total. The lowest BCUT2D eigenvalue weighted by molar-refractivity contribution is 0.675. The van der Waals surface area contributed by atoms with Crippen LogP contribution in [0.1, 0.15) is 39.0 Å². The number of rotatable bonds is 5. The highest BCUT2D eigenvalue weighted by Gasteiger charge is 1.81. The topological polar surface area (TPSA) is 0 Å². The van der Waals surface area contributed by atoms with Crippen molar-refractivity contribution in [1.82, 2.24) is 0 Å². The zero-order valence-corrected chi connectivity index (χ0v) is 10.7. The fourth-order valence-corrected chi connectivity index (χ4v) is 0.715. The van der Waals surface area contributed by atoms with Gasteiger partial charge in [-0.25, -0.2) is 0 Å². The van der Waals surface area contributed by atoms with Gasteiger partial charge in [0.2, 0.25) is 0 Å². The van der Waals surface area contributed by atoms with Gasteiger partial charge in [0, 0.05) is 0 Å². The summed E-state index contributed by atoms with van der Waals surface area (Å²) >= 11 is 0. The minimum atomic E-state index is 0. The summed E-state index contributed by atoms with van der Waals surface area (Å²) in [5.74, 6) is 0. The SMILES string of the molecule is C=CCCCCCC.Cl.Cl.Cl.Cl. The van der Waals surface area contributed by atoms with Crippen molar-refractivity contribution >= 4 is 49.6 Å². The smallest absolute Gasteiger partial charge is 0.0353 e. The van der Waals surface area contributed by atoms with Gasteiger partial charge in [-0.2, -0.15) is 0 Å². The normalized spacial score (nSPS) is 6.08. The van der Waals surface area contributed by atoms with Crippen molar-refractivity contribution in [2.75, 3.05) is 0 Å². The summed E-state index contributed by atoms with van der Waals surface area (Å²) in [6, 6.07) is 0. The van der Waals surface area contributed by atoms with Crippen LogP contribution in [0.15, 0.2) is 12.7 Å². The number of hydrogen-bond acceptors (Lipinski definition) is 0. The number of halogens is 4. The van der Waals surface area contributed by atoms with Crippen LogP contribution >= 0.6 is 49.6 Å². The van der Waals surface area contributed by atoms with Crippen LogP contribution in [0, 0.1) is 0 Å². The summed E-state index contributed by atoms with van der Waals surface area (Å²) in [5, 5.41) is 0. The Balaban J connectivity index is -0.0000000408. The zero-order chi connectivity index (χ0) is 6.24. The van der Waals surface area contributed by atoms with E-state index >= 15 is 0 Å². The van der Waals surface area contributed by atoms with Crippen molar-refractivity contribution in [2.45, 2.75) is 39.0 Å². The summed E-state index contributed by atoms with van der Waals surface area (Å²) in [4.78, 5) is 0. The lowest BCUT2D eigenvalue weighted by atomic mass is 10.2. The Morgan fingerprint density at radius 1 is 0.917 bits per heavy atom. The van der Waals surface area contributed by atoms with Crippen molar-refractivity contribution in [3.63, 3.8) is 0 Å². The minimum Gasteiger partial charge on any atom is -0.147 e. The predicted octanol–water partition coefficient (Wildman–Crippen LogP) is 4.83. The Hall–Kier alpha value is 0.900. The lowest BCUT2D eigenvalue weighted by Crippen LogP contribution is -1.71. The molecule has 0 N–H and O–H groups in total. The van der Waals surface area contributed by atoms with Crippen molar-refractivity contribution in [2.24, 2.45) is 0 Å². The van der Waals surface area contributed by atoms with Crippen LogP contribution < -0.4 is 0 Å². The Bertz CT molecular complexity index is 57.0. The molecule has 0 unspecified atom stereocenters. The summed E-state index contributed by atoms with van der Waals surface area (Å²) in [6.07, 6.45) is 8.61. The van der Waals surface area contributed by atoms with Crippen LogP contribution in [0.3, 0.4) is 0 Å². The maximum Gasteiger partial charge on any atom is -0.0353 e. The highest BCUT2D eigenvalue weighted by molar-refractivity contribution is 5.86. The molecular weight excluding hydrogens is 238 g/mol. The zero-order valence-electron chi connectivity index (χ0n) is 7.45. The molecule has 0 spiro atoms. The van der Waals surface area contributed by atoms with Gasteiger partial charge in [-0.05, 0) is 12.8 Å². The maximum absolute atomic E-state index is 3.66. The van der Waals surface area contributed by atoms with Crippen LogP contribution in [0.4, 0.5) is 0 Å². The van der Waals surface area contributed by atoms with E-state index in [9.17, 15) is 0 Å². The summed E-state index contributed by atoms with van der Waals surface area (Å²) in [5.41, 5.74) is 0. The number of unbranched alkanes of at least 4 members (excludes halogenated alkanes) is 4. The second-order valence-electron chi connectivity index (χ2n) is 2.14. The quantitative estimate of drug-likeness (QED) is 0.489. The van der Waals surface area contributed by atoms with Gasteiger partial charge in [0.25, 0.3) is 0 Å². The van der Waals surface area contributed by atoms with E-state index in [1.54, 1.807) is 0 Å². The van der Waals surface area contributed by atoms with Gasteiger partial charge >= 0.3 is 0 Å². The molecule has 0 fully saturated rings. The van der Waals surface area contributed by atoms with E-state index in [4.69, 9.17) is 0 Å². The van der Waals surface area contributed by atoms with Crippen LogP contribution in [0.2, 0.25) is 0 Å². The average molecular weight is 258 g/mol. The third-order valence-electron chi connectivity index (χ3n) is 1.26. The van der Waals surface area contributed by atoms with E-state index in [0.29, 0.717) is 0 Å². The van der Waals surface area contributed by atoms with E-state index in [1.165, 1.54) is 32.1 Å². The van der Waals surface area contributed by atoms with Crippen molar-refractivity contribution in [3.05, 3.63) is 12.7 Å². The van der Waals surface area contributed by atoms with E-state index in [1.807, 2.05) is 6.08 Å². The molecule has 0 saturated carbocycles. The molecule has 0 aliphatic carbocycles. The second-order valence-corrected chi connectivity index (χ2v) is 2.14.